The van der Waals surface area contributed by atoms with Gasteiger partial charge in [0, 0.05) is 33.2 Å². The molecule has 0 heterocycles. The number of ether oxygens (including phenoxy) is 2. The second kappa shape index (κ2) is 15.5. The van der Waals surface area contributed by atoms with Crippen LogP contribution in [0.4, 0.5) is 0 Å². The lowest BCUT2D eigenvalue weighted by molar-refractivity contribution is -0.140. The summed E-state index contributed by atoms with van der Waals surface area (Å²) in [5.74, 6) is 0.444. The molecular weight excluding hydrogens is 316 g/mol. The van der Waals surface area contributed by atoms with Crippen LogP contribution in [0.3, 0.4) is 0 Å². The molecule has 4 nitrogen and oxygen atoms in total. The minimum absolute atomic E-state index is 0.193. The van der Waals surface area contributed by atoms with Crippen molar-refractivity contribution in [2.75, 3.05) is 20.3 Å². The minimum Gasteiger partial charge on any atom is -0.385 e. The number of hydrogen-bond donors (Lipinski definition) is 0. The summed E-state index contributed by atoms with van der Waals surface area (Å²) in [6.07, 6.45) is 12.1. The Morgan fingerprint density at radius 3 is 1.76 bits per heavy atom. The van der Waals surface area contributed by atoms with Crippen LogP contribution in [0, 0.1) is 0 Å². The maximum atomic E-state index is 12.3. The zero-order chi connectivity index (χ0) is 19.0. The number of Topliss-reactive ketones (excluding diaryl/α,β-unsaturated/α-hetero) is 2. The van der Waals surface area contributed by atoms with E-state index < -0.39 is 5.60 Å². The minimum atomic E-state index is -0.669. The van der Waals surface area contributed by atoms with Crippen LogP contribution in [0.1, 0.15) is 97.8 Å². The SMILES string of the molecule is COCCCCCCCCOC(C)(C)C(=O)CCCCCCC(C)=O. The molecule has 0 atom stereocenters. The lowest BCUT2D eigenvalue weighted by atomic mass is 9.97. The maximum absolute atomic E-state index is 12.3. The molecule has 0 saturated carbocycles. The van der Waals surface area contributed by atoms with Crippen molar-refractivity contribution in [3.63, 3.8) is 0 Å². The van der Waals surface area contributed by atoms with Crippen molar-refractivity contribution in [1.82, 2.24) is 0 Å². The van der Waals surface area contributed by atoms with Gasteiger partial charge in [-0.25, -0.2) is 0 Å². The molecule has 0 rings (SSSR count). The number of unbranched alkanes of at least 4 members (excludes halogenated alkanes) is 8. The molecule has 0 aliphatic rings. The lowest BCUT2D eigenvalue weighted by Gasteiger charge is -2.24. The number of rotatable bonds is 18. The summed E-state index contributed by atoms with van der Waals surface area (Å²) in [6, 6.07) is 0. The van der Waals surface area contributed by atoms with Crippen molar-refractivity contribution < 1.29 is 19.1 Å². The molecule has 0 spiro atoms. The fourth-order valence-corrected chi connectivity index (χ4v) is 2.78. The van der Waals surface area contributed by atoms with E-state index in [1.165, 1.54) is 19.3 Å². The van der Waals surface area contributed by atoms with E-state index in [9.17, 15) is 9.59 Å². The monoisotopic (exact) mass is 356 g/mol. The van der Waals surface area contributed by atoms with Crippen molar-refractivity contribution in [2.24, 2.45) is 0 Å². The largest absolute Gasteiger partial charge is 0.385 e. The van der Waals surface area contributed by atoms with Crippen LogP contribution in [-0.2, 0) is 19.1 Å². The Bertz CT molecular complexity index is 350. The molecule has 148 valence electrons. The van der Waals surface area contributed by atoms with Gasteiger partial charge in [0.2, 0.25) is 0 Å². The van der Waals surface area contributed by atoms with Crippen molar-refractivity contribution in [2.45, 2.75) is 103 Å². The van der Waals surface area contributed by atoms with E-state index >= 15 is 0 Å². The number of ketones is 2. The Hall–Kier alpha value is -0.740. The summed E-state index contributed by atoms with van der Waals surface area (Å²) >= 11 is 0. The standard InChI is InChI=1S/C21H40O4/c1-19(22)15-11-7-8-12-16-20(23)21(2,3)25-18-14-10-6-5-9-13-17-24-4/h5-18H2,1-4H3. The third-order valence-corrected chi connectivity index (χ3v) is 4.56. The van der Waals surface area contributed by atoms with Crippen molar-refractivity contribution >= 4 is 11.6 Å². The van der Waals surface area contributed by atoms with E-state index in [-0.39, 0.29) is 11.6 Å². The summed E-state index contributed by atoms with van der Waals surface area (Å²) < 4.78 is 10.9. The van der Waals surface area contributed by atoms with Gasteiger partial charge in [-0.3, -0.25) is 4.79 Å². The highest BCUT2D eigenvalue weighted by molar-refractivity contribution is 5.86. The second-order valence-corrected chi connectivity index (χ2v) is 7.51. The number of carbonyl (C=O) groups excluding carboxylic acids is 2. The summed E-state index contributed by atoms with van der Waals surface area (Å²) in [7, 11) is 1.75. The van der Waals surface area contributed by atoms with E-state index in [2.05, 4.69) is 0 Å². The Morgan fingerprint density at radius 1 is 0.720 bits per heavy atom. The highest BCUT2D eigenvalue weighted by Crippen LogP contribution is 2.17. The molecule has 4 heteroatoms. The Kier molecular flexibility index (Phi) is 15.1. The Balaban J connectivity index is 3.60. The van der Waals surface area contributed by atoms with Gasteiger partial charge in [-0.2, -0.15) is 0 Å². The normalized spacial score (nSPS) is 11.7. The van der Waals surface area contributed by atoms with Crippen LogP contribution in [0.25, 0.3) is 0 Å². The maximum Gasteiger partial charge on any atom is 0.164 e. The molecule has 0 radical (unpaired) electrons. The topological polar surface area (TPSA) is 52.6 Å². The van der Waals surface area contributed by atoms with Crippen LogP contribution >= 0.6 is 0 Å². The van der Waals surface area contributed by atoms with Crippen LogP contribution in [0.15, 0.2) is 0 Å². The van der Waals surface area contributed by atoms with Crippen molar-refractivity contribution in [1.29, 1.82) is 0 Å². The first-order valence-corrected chi connectivity index (χ1v) is 10.1. The van der Waals surface area contributed by atoms with Gasteiger partial charge in [0.25, 0.3) is 0 Å². The van der Waals surface area contributed by atoms with Crippen LogP contribution in [0.5, 0.6) is 0 Å². The third-order valence-electron chi connectivity index (χ3n) is 4.56. The highest BCUT2D eigenvalue weighted by atomic mass is 16.5. The van der Waals surface area contributed by atoms with Crippen LogP contribution < -0.4 is 0 Å². The molecule has 0 unspecified atom stereocenters. The predicted molar refractivity (Wildman–Crippen MR) is 103 cm³/mol. The van der Waals surface area contributed by atoms with E-state index in [4.69, 9.17) is 9.47 Å². The van der Waals surface area contributed by atoms with Gasteiger partial charge >= 0.3 is 0 Å². The Labute approximate surface area is 155 Å². The fraction of sp³-hybridized carbons (Fsp3) is 0.905. The zero-order valence-corrected chi connectivity index (χ0v) is 17.0. The third kappa shape index (κ3) is 15.2. The highest BCUT2D eigenvalue weighted by Gasteiger charge is 2.27. The van der Waals surface area contributed by atoms with Crippen molar-refractivity contribution in [3.05, 3.63) is 0 Å². The van der Waals surface area contributed by atoms with E-state index in [0.29, 0.717) is 19.4 Å². The van der Waals surface area contributed by atoms with Crippen molar-refractivity contribution in [3.8, 4) is 0 Å². The summed E-state index contributed by atoms with van der Waals surface area (Å²) in [6.45, 7) is 6.92. The molecule has 0 amide bonds. The van der Waals surface area contributed by atoms with Gasteiger partial charge in [0.15, 0.2) is 5.78 Å². The average molecular weight is 357 g/mol. The van der Waals surface area contributed by atoms with Gasteiger partial charge in [0.05, 0.1) is 0 Å². The molecule has 0 N–H and O–H groups in total. The molecule has 0 aromatic heterocycles. The zero-order valence-electron chi connectivity index (χ0n) is 17.0. The smallest absolute Gasteiger partial charge is 0.164 e. The molecule has 0 fully saturated rings. The summed E-state index contributed by atoms with van der Waals surface area (Å²) in [5.41, 5.74) is -0.669. The molecule has 0 aromatic carbocycles. The first kappa shape index (κ1) is 24.3. The lowest BCUT2D eigenvalue weighted by Crippen LogP contribution is -2.35. The predicted octanol–water partition coefficient (Wildman–Crippen LogP) is 5.27. The molecule has 0 bridgehead atoms. The molecule has 0 saturated heterocycles. The molecule has 0 aromatic rings. The van der Waals surface area contributed by atoms with Crippen LogP contribution in [0.2, 0.25) is 0 Å². The summed E-state index contributed by atoms with van der Waals surface area (Å²) in [5, 5.41) is 0. The van der Waals surface area contributed by atoms with E-state index in [1.54, 1.807) is 14.0 Å². The van der Waals surface area contributed by atoms with Gasteiger partial charge in [-0.1, -0.05) is 38.5 Å². The number of methoxy groups -OCH3 is 1. The van der Waals surface area contributed by atoms with Gasteiger partial charge in [-0.15, -0.1) is 0 Å². The van der Waals surface area contributed by atoms with Crippen LogP contribution in [-0.4, -0.2) is 37.5 Å². The first-order valence-electron chi connectivity index (χ1n) is 10.1. The van der Waals surface area contributed by atoms with Gasteiger partial charge < -0.3 is 14.3 Å². The van der Waals surface area contributed by atoms with Gasteiger partial charge in [-0.05, 0) is 46.5 Å². The van der Waals surface area contributed by atoms with E-state index in [1.807, 2.05) is 13.8 Å². The molecular formula is C21H40O4. The number of hydrogen-bond acceptors (Lipinski definition) is 4. The molecule has 0 aliphatic heterocycles. The Morgan fingerprint density at radius 2 is 1.20 bits per heavy atom. The summed E-state index contributed by atoms with van der Waals surface area (Å²) in [4.78, 5) is 23.1. The number of carbonyl (C=O) groups is 2. The average Bonchev–Trinajstić information content (AvgIpc) is 2.56. The fourth-order valence-electron chi connectivity index (χ4n) is 2.78. The quantitative estimate of drug-likeness (QED) is 0.314. The van der Waals surface area contributed by atoms with Gasteiger partial charge in [0.1, 0.15) is 11.4 Å². The van der Waals surface area contributed by atoms with E-state index in [0.717, 1.165) is 51.6 Å². The molecule has 0 aliphatic carbocycles. The second-order valence-electron chi connectivity index (χ2n) is 7.51. The molecule has 25 heavy (non-hydrogen) atoms. The first-order chi connectivity index (χ1) is 11.9.